The quantitative estimate of drug-likeness (QED) is 0.756. The Hall–Kier alpha value is -1.56. The number of thiophene rings is 1. The average molecular weight is 215 g/mol. The Balaban J connectivity index is 2.54. The smallest absolute Gasteiger partial charge is 0.349 e. The number of primary amides is 1. The van der Waals surface area contributed by atoms with Gasteiger partial charge >= 0.3 is 5.97 Å². The SMILES string of the molecule is NC(=O)CCOc1ccsc1C(=O)O. The third-order valence-electron chi connectivity index (χ3n) is 1.43. The molecule has 0 bridgehead atoms. The Morgan fingerprint density at radius 1 is 1.57 bits per heavy atom. The van der Waals surface area contributed by atoms with Crippen LogP contribution in [0.15, 0.2) is 11.4 Å². The lowest BCUT2D eigenvalue weighted by molar-refractivity contribution is -0.118. The first-order chi connectivity index (χ1) is 6.61. The average Bonchev–Trinajstić information content (AvgIpc) is 2.51. The topological polar surface area (TPSA) is 89.6 Å². The molecule has 0 radical (unpaired) electrons. The van der Waals surface area contributed by atoms with Crippen LogP contribution in [-0.4, -0.2) is 23.6 Å². The van der Waals surface area contributed by atoms with Crippen molar-refractivity contribution in [1.29, 1.82) is 0 Å². The fourth-order valence-electron chi connectivity index (χ4n) is 0.829. The van der Waals surface area contributed by atoms with E-state index >= 15 is 0 Å². The number of aromatic carboxylic acids is 1. The summed E-state index contributed by atoms with van der Waals surface area (Å²) in [5.41, 5.74) is 4.90. The largest absolute Gasteiger partial charge is 0.491 e. The van der Waals surface area contributed by atoms with Gasteiger partial charge < -0.3 is 15.6 Å². The second-order valence-electron chi connectivity index (χ2n) is 2.48. The maximum Gasteiger partial charge on any atom is 0.349 e. The summed E-state index contributed by atoms with van der Waals surface area (Å²) >= 11 is 1.08. The van der Waals surface area contributed by atoms with Gasteiger partial charge in [-0.25, -0.2) is 4.79 Å². The van der Waals surface area contributed by atoms with Crippen LogP contribution in [-0.2, 0) is 4.79 Å². The van der Waals surface area contributed by atoms with Crippen molar-refractivity contribution in [3.8, 4) is 5.75 Å². The highest BCUT2D eigenvalue weighted by Crippen LogP contribution is 2.24. The molecule has 1 aromatic rings. The lowest BCUT2D eigenvalue weighted by atomic mass is 10.4. The highest BCUT2D eigenvalue weighted by Gasteiger charge is 2.12. The zero-order valence-electron chi connectivity index (χ0n) is 7.23. The Morgan fingerprint density at radius 2 is 2.29 bits per heavy atom. The van der Waals surface area contributed by atoms with Gasteiger partial charge in [-0.1, -0.05) is 0 Å². The van der Waals surface area contributed by atoms with Crippen LogP contribution in [0.2, 0.25) is 0 Å². The van der Waals surface area contributed by atoms with E-state index in [1.54, 1.807) is 11.4 Å². The monoisotopic (exact) mass is 215 g/mol. The van der Waals surface area contributed by atoms with Gasteiger partial charge in [-0.3, -0.25) is 4.79 Å². The van der Waals surface area contributed by atoms with Crippen LogP contribution in [0.25, 0.3) is 0 Å². The summed E-state index contributed by atoms with van der Waals surface area (Å²) in [5, 5.41) is 10.3. The lowest BCUT2D eigenvalue weighted by Crippen LogP contribution is -2.14. The maximum absolute atomic E-state index is 10.6. The first-order valence-corrected chi connectivity index (χ1v) is 4.71. The molecule has 0 aromatic carbocycles. The zero-order chi connectivity index (χ0) is 10.6. The molecular weight excluding hydrogens is 206 g/mol. The summed E-state index contributed by atoms with van der Waals surface area (Å²) in [4.78, 5) is 21.1. The second-order valence-corrected chi connectivity index (χ2v) is 3.40. The summed E-state index contributed by atoms with van der Waals surface area (Å²) in [6.07, 6.45) is 0.0783. The van der Waals surface area contributed by atoms with Crippen molar-refractivity contribution in [2.45, 2.75) is 6.42 Å². The van der Waals surface area contributed by atoms with Gasteiger partial charge in [0.05, 0.1) is 13.0 Å². The predicted octanol–water partition coefficient (Wildman–Crippen LogP) is 0.700. The minimum absolute atomic E-state index is 0.0783. The first-order valence-electron chi connectivity index (χ1n) is 3.83. The zero-order valence-corrected chi connectivity index (χ0v) is 8.04. The first kappa shape index (κ1) is 10.5. The van der Waals surface area contributed by atoms with Crippen LogP contribution in [0, 0.1) is 0 Å². The van der Waals surface area contributed by atoms with E-state index in [-0.39, 0.29) is 23.7 Å². The lowest BCUT2D eigenvalue weighted by Gasteiger charge is -2.02. The normalized spacial score (nSPS) is 9.71. The van der Waals surface area contributed by atoms with Crippen molar-refractivity contribution in [3.05, 3.63) is 16.3 Å². The van der Waals surface area contributed by atoms with E-state index in [1.807, 2.05) is 0 Å². The number of amides is 1. The molecule has 14 heavy (non-hydrogen) atoms. The fraction of sp³-hybridized carbons (Fsp3) is 0.250. The number of nitrogens with two attached hydrogens (primary N) is 1. The molecule has 0 saturated carbocycles. The second kappa shape index (κ2) is 4.61. The maximum atomic E-state index is 10.6. The molecule has 1 aromatic heterocycles. The molecule has 1 heterocycles. The number of hydrogen-bond donors (Lipinski definition) is 2. The number of carboxylic acid groups (broad SMARTS) is 1. The molecule has 3 N–H and O–H groups in total. The van der Waals surface area contributed by atoms with Gasteiger partial charge in [-0.05, 0) is 11.4 Å². The van der Waals surface area contributed by atoms with Crippen LogP contribution >= 0.6 is 11.3 Å². The van der Waals surface area contributed by atoms with Gasteiger partial charge in [0.15, 0.2) is 4.88 Å². The third-order valence-corrected chi connectivity index (χ3v) is 2.31. The molecule has 0 atom stereocenters. The van der Waals surface area contributed by atoms with Crippen molar-refractivity contribution in [3.63, 3.8) is 0 Å². The molecular formula is C8H9NO4S. The van der Waals surface area contributed by atoms with Gasteiger partial charge in [0, 0.05) is 0 Å². The molecule has 6 heteroatoms. The Morgan fingerprint density at radius 3 is 2.86 bits per heavy atom. The number of ether oxygens (including phenoxy) is 1. The van der Waals surface area contributed by atoms with Gasteiger partial charge in [0.1, 0.15) is 5.75 Å². The number of rotatable bonds is 5. The van der Waals surface area contributed by atoms with Crippen LogP contribution in [0.5, 0.6) is 5.75 Å². The molecule has 5 nitrogen and oxygen atoms in total. The molecule has 0 spiro atoms. The van der Waals surface area contributed by atoms with E-state index in [0.29, 0.717) is 0 Å². The van der Waals surface area contributed by atoms with Gasteiger partial charge in [-0.2, -0.15) is 0 Å². The molecule has 0 aliphatic carbocycles. The molecule has 0 aliphatic heterocycles. The molecule has 76 valence electrons. The summed E-state index contributed by atoms with van der Waals surface area (Å²) < 4.78 is 5.08. The van der Waals surface area contributed by atoms with Crippen LogP contribution < -0.4 is 10.5 Å². The number of carbonyl (C=O) groups excluding carboxylic acids is 1. The van der Waals surface area contributed by atoms with Crippen LogP contribution in [0.4, 0.5) is 0 Å². The van der Waals surface area contributed by atoms with Crippen molar-refractivity contribution in [1.82, 2.24) is 0 Å². The van der Waals surface area contributed by atoms with Crippen molar-refractivity contribution >= 4 is 23.2 Å². The Bertz CT molecular complexity index is 347. The summed E-state index contributed by atoms with van der Waals surface area (Å²) in [7, 11) is 0. The van der Waals surface area contributed by atoms with Crippen LogP contribution in [0.1, 0.15) is 16.1 Å². The summed E-state index contributed by atoms with van der Waals surface area (Å²) in [6, 6.07) is 1.55. The number of carboxylic acids is 1. The molecule has 1 amide bonds. The molecule has 1 rings (SSSR count). The number of hydrogen-bond acceptors (Lipinski definition) is 4. The minimum Gasteiger partial charge on any atom is -0.491 e. The van der Waals surface area contributed by atoms with E-state index < -0.39 is 11.9 Å². The van der Waals surface area contributed by atoms with Crippen LogP contribution in [0.3, 0.4) is 0 Å². The molecule has 0 fully saturated rings. The van der Waals surface area contributed by atoms with E-state index in [4.69, 9.17) is 15.6 Å². The Labute approximate surface area is 84.1 Å². The summed E-state index contributed by atoms with van der Waals surface area (Å²) in [6.45, 7) is 0.104. The summed E-state index contributed by atoms with van der Waals surface area (Å²) in [5.74, 6) is -1.23. The minimum atomic E-state index is -1.03. The van der Waals surface area contributed by atoms with E-state index in [1.165, 1.54) is 0 Å². The van der Waals surface area contributed by atoms with E-state index in [9.17, 15) is 9.59 Å². The van der Waals surface area contributed by atoms with Crippen molar-refractivity contribution in [2.75, 3.05) is 6.61 Å². The molecule has 0 aliphatic rings. The molecule has 0 saturated heterocycles. The number of carbonyl (C=O) groups is 2. The highest BCUT2D eigenvalue weighted by atomic mass is 32.1. The van der Waals surface area contributed by atoms with Gasteiger partial charge in [0.25, 0.3) is 0 Å². The standard InChI is InChI=1S/C8H9NO4S/c9-6(10)1-3-13-5-2-4-14-7(5)8(11)12/h2,4H,1,3H2,(H2,9,10)(H,11,12). The molecule has 0 unspecified atom stereocenters. The van der Waals surface area contributed by atoms with E-state index in [2.05, 4.69) is 0 Å². The third kappa shape index (κ3) is 2.74. The predicted molar refractivity (Wildman–Crippen MR) is 50.6 cm³/mol. The van der Waals surface area contributed by atoms with E-state index in [0.717, 1.165) is 11.3 Å². The fourth-order valence-corrected chi connectivity index (χ4v) is 1.50. The van der Waals surface area contributed by atoms with Gasteiger partial charge in [0.2, 0.25) is 5.91 Å². The Kier molecular flexibility index (Phi) is 3.47. The van der Waals surface area contributed by atoms with Crippen molar-refractivity contribution in [2.24, 2.45) is 5.73 Å². The van der Waals surface area contributed by atoms with Crippen molar-refractivity contribution < 1.29 is 19.4 Å². The van der Waals surface area contributed by atoms with Gasteiger partial charge in [-0.15, -0.1) is 11.3 Å². The highest BCUT2D eigenvalue weighted by molar-refractivity contribution is 7.12.